The number of hydrogen-bond acceptors (Lipinski definition) is 3. The summed E-state index contributed by atoms with van der Waals surface area (Å²) >= 11 is 0. The molecule has 9 aromatic carbocycles. The van der Waals surface area contributed by atoms with Crippen LogP contribution in [0.4, 0.5) is 34.1 Å². The van der Waals surface area contributed by atoms with Crippen LogP contribution in [-0.4, -0.2) is 0 Å². The van der Waals surface area contributed by atoms with Gasteiger partial charge in [0.25, 0.3) is 0 Å². The van der Waals surface area contributed by atoms with E-state index in [0.717, 1.165) is 77.9 Å². The summed E-state index contributed by atoms with van der Waals surface area (Å²) in [7, 11) is 0. The van der Waals surface area contributed by atoms with E-state index >= 15 is 0 Å². The highest BCUT2D eigenvalue weighted by molar-refractivity contribution is 6.05. The number of benzene rings is 9. The largest absolute Gasteiger partial charge is 0.311 e. The highest BCUT2D eigenvalue weighted by atomic mass is 15.1. The van der Waals surface area contributed by atoms with Gasteiger partial charge in [-0.2, -0.15) is 5.26 Å². The van der Waals surface area contributed by atoms with Crippen LogP contribution in [0.15, 0.2) is 212 Å². The third-order valence-electron chi connectivity index (χ3n) is 10.4. The van der Waals surface area contributed by atoms with E-state index in [-0.39, 0.29) is 0 Å². The fraction of sp³-hybridized carbons (Fsp3) is 0. The van der Waals surface area contributed by atoms with Crippen LogP contribution in [0, 0.1) is 11.3 Å². The lowest BCUT2D eigenvalue weighted by atomic mass is 9.94. The van der Waals surface area contributed by atoms with Gasteiger partial charge in [-0.3, -0.25) is 0 Å². The molecule has 0 saturated heterocycles. The average molecular weight is 742 g/mol. The maximum atomic E-state index is 10.4. The lowest BCUT2D eigenvalue weighted by Crippen LogP contribution is -2.09. The molecule has 0 bridgehead atoms. The molecular formula is C55H39N3. The summed E-state index contributed by atoms with van der Waals surface area (Å²) in [5.41, 5.74) is 11.7. The second kappa shape index (κ2) is 16.4. The second-order valence-corrected chi connectivity index (χ2v) is 14.2. The molecule has 58 heavy (non-hydrogen) atoms. The Labute approximate surface area is 339 Å². The van der Waals surface area contributed by atoms with E-state index in [1.165, 1.54) is 0 Å². The van der Waals surface area contributed by atoms with Crippen LogP contribution >= 0.6 is 0 Å². The van der Waals surface area contributed by atoms with Crippen LogP contribution < -0.4 is 9.80 Å². The standard InChI is InChI=1S/C55H39N3/c56-40-55-53-36-30-43(23-21-41-26-32-51(33-27-41)57(47-13-5-1-6-14-47)48-15-7-2-8-16-48)37-46(53)39-45-31-25-44(38-54(45)55)24-22-42-28-34-52(35-29-42)58(49-17-9-3-10-18-49)50-19-11-4-12-20-50/h1-39H/b23-21+,24-22+. The van der Waals surface area contributed by atoms with Crippen molar-refractivity contribution in [2.24, 2.45) is 0 Å². The predicted molar refractivity (Wildman–Crippen MR) is 246 cm³/mol. The van der Waals surface area contributed by atoms with Crippen LogP contribution in [-0.2, 0) is 0 Å². The molecule has 0 heterocycles. The van der Waals surface area contributed by atoms with Crippen LogP contribution in [0.5, 0.6) is 0 Å². The fourth-order valence-corrected chi connectivity index (χ4v) is 7.54. The Morgan fingerprint density at radius 3 is 1.10 bits per heavy atom. The Morgan fingerprint density at radius 1 is 0.310 bits per heavy atom. The van der Waals surface area contributed by atoms with E-state index in [1.54, 1.807) is 0 Å². The number of para-hydroxylation sites is 4. The molecule has 9 aromatic rings. The lowest BCUT2D eigenvalue weighted by molar-refractivity contribution is 1.28. The van der Waals surface area contributed by atoms with Gasteiger partial charge in [-0.25, -0.2) is 0 Å². The molecule has 0 amide bonds. The van der Waals surface area contributed by atoms with E-state index in [2.05, 4.69) is 228 Å². The van der Waals surface area contributed by atoms with Gasteiger partial charge in [0, 0.05) is 44.9 Å². The number of fused-ring (bicyclic) bond motifs is 2. The summed E-state index contributed by atoms with van der Waals surface area (Å²) in [4.78, 5) is 4.52. The monoisotopic (exact) mass is 741 g/mol. The van der Waals surface area contributed by atoms with Gasteiger partial charge in [0.15, 0.2) is 0 Å². The van der Waals surface area contributed by atoms with Gasteiger partial charge in [-0.05, 0) is 124 Å². The zero-order valence-electron chi connectivity index (χ0n) is 31.9. The summed E-state index contributed by atoms with van der Waals surface area (Å²) in [5.74, 6) is 0. The Hall–Kier alpha value is -7.93. The molecule has 0 unspecified atom stereocenters. The smallest absolute Gasteiger partial charge is 0.100 e. The zero-order chi connectivity index (χ0) is 39.1. The van der Waals surface area contributed by atoms with Gasteiger partial charge in [0.1, 0.15) is 6.07 Å². The van der Waals surface area contributed by atoms with Gasteiger partial charge < -0.3 is 9.80 Å². The molecule has 3 heteroatoms. The Morgan fingerprint density at radius 2 is 0.672 bits per heavy atom. The van der Waals surface area contributed by atoms with Crippen molar-refractivity contribution in [3.63, 3.8) is 0 Å². The first-order valence-corrected chi connectivity index (χ1v) is 19.5. The van der Waals surface area contributed by atoms with Crippen molar-refractivity contribution in [1.82, 2.24) is 0 Å². The Bertz CT molecular complexity index is 2830. The molecule has 0 fully saturated rings. The quantitative estimate of drug-likeness (QED) is 0.103. The minimum Gasteiger partial charge on any atom is -0.311 e. The Kier molecular flexibility index (Phi) is 10.1. The minimum absolute atomic E-state index is 0.696. The molecule has 0 spiro atoms. The summed E-state index contributed by atoms with van der Waals surface area (Å²) in [5, 5.41) is 14.4. The van der Waals surface area contributed by atoms with E-state index in [0.29, 0.717) is 5.56 Å². The highest BCUT2D eigenvalue weighted by Gasteiger charge is 2.13. The molecule has 0 aliphatic heterocycles. The first kappa shape index (κ1) is 35.8. The SMILES string of the molecule is N#Cc1c2ccc(/C=C/c3ccc(N(c4ccccc4)c4ccccc4)cc3)cc2cc2ccc(/C=C/c3ccc(N(c4ccccc4)c4ccccc4)cc3)cc12. The zero-order valence-corrected chi connectivity index (χ0v) is 31.9. The Balaban J connectivity index is 0.938. The molecule has 0 saturated carbocycles. The highest BCUT2D eigenvalue weighted by Crippen LogP contribution is 2.36. The van der Waals surface area contributed by atoms with Crippen LogP contribution in [0.3, 0.4) is 0 Å². The minimum atomic E-state index is 0.696. The van der Waals surface area contributed by atoms with Gasteiger partial charge in [-0.15, -0.1) is 0 Å². The van der Waals surface area contributed by atoms with Crippen molar-refractivity contribution in [2.75, 3.05) is 9.80 Å². The van der Waals surface area contributed by atoms with Crippen LogP contribution in [0.25, 0.3) is 45.8 Å². The molecule has 0 atom stereocenters. The van der Waals surface area contributed by atoms with E-state index in [9.17, 15) is 5.26 Å². The van der Waals surface area contributed by atoms with E-state index < -0.39 is 0 Å². The molecule has 0 aliphatic rings. The first-order valence-electron chi connectivity index (χ1n) is 19.5. The van der Waals surface area contributed by atoms with Crippen molar-refractivity contribution >= 4 is 80.0 Å². The predicted octanol–water partition coefficient (Wildman–Crippen LogP) is 15.1. The van der Waals surface area contributed by atoms with Gasteiger partial charge in [0.2, 0.25) is 0 Å². The average Bonchev–Trinajstić information content (AvgIpc) is 3.29. The molecule has 9 rings (SSSR count). The molecule has 3 nitrogen and oxygen atoms in total. The van der Waals surface area contributed by atoms with Crippen LogP contribution in [0.1, 0.15) is 27.8 Å². The summed E-state index contributed by atoms with van der Waals surface area (Å²) in [6.45, 7) is 0. The second-order valence-electron chi connectivity index (χ2n) is 14.2. The topological polar surface area (TPSA) is 30.3 Å². The number of nitrogens with zero attached hydrogens (tertiary/aromatic N) is 3. The summed E-state index contributed by atoms with van der Waals surface area (Å²) in [6.07, 6.45) is 8.52. The third-order valence-corrected chi connectivity index (χ3v) is 10.4. The number of nitriles is 1. The van der Waals surface area contributed by atoms with Crippen molar-refractivity contribution in [3.8, 4) is 6.07 Å². The molecular weight excluding hydrogens is 703 g/mol. The van der Waals surface area contributed by atoms with Crippen molar-refractivity contribution in [2.45, 2.75) is 0 Å². The molecule has 0 radical (unpaired) electrons. The van der Waals surface area contributed by atoms with Gasteiger partial charge in [-0.1, -0.05) is 146 Å². The first-order chi connectivity index (χ1) is 28.7. The molecule has 0 aliphatic carbocycles. The summed E-state index contributed by atoms with van der Waals surface area (Å²) < 4.78 is 0. The molecule has 0 aromatic heterocycles. The summed E-state index contributed by atoms with van der Waals surface area (Å²) in [6, 6.07) is 76.4. The van der Waals surface area contributed by atoms with Crippen molar-refractivity contribution in [1.29, 1.82) is 5.26 Å². The van der Waals surface area contributed by atoms with E-state index in [4.69, 9.17) is 0 Å². The van der Waals surface area contributed by atoms with Crippen molar-refractivity contribution < 1.29 is 0 Å². The third kappa shape index (κ3) is 7.64. The maximum absolute atomic E-state index is 10.4. The van der Waals surface area contributed by atoms with Crippen molar-refractivity contribution in [3.05, 3.63) is 240 Å². The number of rotatable bonds is 10. The molecule has 0 N–H and O–H groups in total. The van der Waals surface area contributed by atoms with E-state index in [1.807, 2.05) is 24.3 Å². The number of hydrogen-bond donors (Lipinski definition) is 0. The lowest BCUT2D eigenvalue weighted by Gasteiger charge is -2.25. The van der Waals surface area contributed by atoms with Crippen LogP contribution in [0.2, 0.25) is 0 Å². The maximum Gasteiger partial charge on any atom is 0.100 e. The van der Waals surface area contributed by atoms with Gasteiger partial charge >= 0.3 is 0 Å². The normalized spacial score (nSPS) is 11.3. The molecule has 274 valence electrons. The van der Waals surface area contributed by atoms with Gasteiger partial charge in [0.05, 0.1) is 5.56 Å². The number of anilines is 6. The fourth-order valence-electron chi connectivity index (χ4n) is 7.54.